The van der Waals surface area contributed by atoms with Gasteiger partial charge in [0.15, 0.2) is 0 Å². The zero-order valence-corrected chi connectivity index (χ0v) is 12.4. The molecule has 0 aliphatic heterocycles. The maximum absolute atomic E-state index is 11.7. The molecule has 0 spiro atoms. The molecule has 1 fully saturated rings. The van der Waals surface area contributed by atoms with E-state index in [2.05, 4.69) is 10.6 Å². The summed E-state index contributed by atoms with van der Waals surface area (Å²) in [6, 6.07) is 6.59. The highest BCUT2D eigenvalue weighted by molar-refractivity contribution is 6.39. The molecule has 2 atom stereocenters. The molecule has 1 aliphatic carbocycles. The van der Waals surface area contributed by atoms with Crippen molar-refractivity contribution in [2.75, 3.05) is 11.9 Å². The van der Waals surface area contributed by atoms with Gasteiger partial charge in [0.2, 0.25) is 0 Å². The van der Waals surface area contributed by atoms with Crippen LogP contribution < -0.4 is 10.6 Å². The molecular formula is C15H19ClN2O3. The first kappa shape index (κ1) is 15.8. The van der Waals surface area contributed by atoms with Crippen LogP contribution in [0.3, 0.4) is 0 Å². The van der Waals surface area contributed by atoms with Crippen molar-refractivity contribution in [3.63, 3.8) is 0 Å². The number of anilines is 1. The van der Waals surface area contributed by atoms with E-state index in [0.717, 1.165) is 25.7 Å². The lowest BCUT2D eigenvalue weighted by Gasteiger charge is -2.27. The molecular weight excluding hydrogens is 292 g/mol. The number of amides is 2. The van der Waals surface area contributed by atoms with E-state index in [9.17, 15) is 14.7 Å². The summed E-state index contributed by atoms with van der Waals surface area (Å²) in [5.74, 6) is -1.41. The van der Waals surface area contributed by atoms with Crippen LogP contribution in [0.4, 0.5) is 5.69 Å². The molecule has 0 aromatic heterocycles. The predicted molar refractivity (Wildman–Crippen MR) is 81.1 cm³/mol. The Kier molecular flexibility index (Phi) is 5.59. The van der Waals surface area contributed by atoms with E-state index in [1.54, 1.807) is 24.3 Å². The minimum atomic E-state index is -0.734. The minimum Gasteiger partial charge on any atom is -0.393 e. The molecule has 114 valence electrons. The number of nitrogens with one attached hydrogen (secondary N) is 2. The highest BCUT2D eigenvalue weighted by Crippen LogP contribution is 2.23. The predicted octanol–water partition coefficient (Wildman–Crippen LogP) is 1.95. The third-order valence-electron chi connectivity index (χ3n) is 3.68. The van der Waals surface area contributed by atoms with E-state index in [0.29, 0.717) is 17.3 Å². The van der Waals surface area contributed by atoms with Gasteiger partial charge >= 0.3 is 11.8 Å². The molecule has 6 heteroatoms. The van der Waals surface area contributed by atoms with Crippen LogP contribution in [-0.2, 0) is 9.59 Å². The average molecular weight is 311 g/mol. The number of halogens is 1. The monoisotopic (exact) mass is 310 g/mol. The van der Waals surface area contributed by atoms with Gasteiger partial charge in [0.25, 0.3) is 0 Å². The highest BCUT2D eigenvalue weighted by Gasteiger charge is 2.24. The smallest absolute Gasteiger partial charge is 0.313 e. The number of hydrogen-bond donors (Lipinski definition) is 3. The van der Waals surface area contributed by atoms with Crippen molar-refractivity contribution in [2.24, 2.45) is 5.92 Å². The van der Waals surface area contributed by atoms with Crippen LogP contribution >= 0.6 is 11.6 Å². The molecule has 21 heavy (non-hydrogen) atoms. The molecule has 1 aliphatic rings. The SMILES string of the molecule is O=C(NC[C@@H]1CCCC[C@@H]1O)C(=O)Nc1cccc(Cl)c1. The quantitative estimate of drug-likeness (QED) is 0.747. The maximum Gasteiger partial charge on any atom is 0.313 e. The molecule has 2 rings (SSSR count). The lowest BCUT2D eigenvalue weighted by Crippen LogP contribution is -2.41. The molecule has 0 bridgehead atoms. The second kappa shape index (κ2) is 7.43. The summed E-state index contributed by atoms with van der Waals surface area (Å²) in [5.41, 5.74) is 0.473. The van der Waals surface area contributed by atoms with Gasteiger partial charge in [-0.05, 0) is 31.0 Å². The van der Waals surface area contributed by atoms with E-state index in [-0.39, 0.29) is 5.92 Å². The molecule has 0 unspecified atom stereocenters. The van der Waals surface area contributed by atoms with Gasteiger partial charge in [-0.15, -0.1) is 0 Å². The molecule has 0 radical (unpaired) electrons. The molecule has 2 amide bonds. The molecule has 0 heterocycles. The summed E-state index contributed by atoms with van der Waals surface area (Å²) in [6.07, 6.45) is 3.30. The van der Waals surface area contributed by atoms with Crippen LogP contribution in [0.2, 0.25) is 5.02 Å². The summed E-state index contributed by atoms with van der Waals surface area (Å²) in [7, 11) is 0. The first-order valence-electron chi connectivity index (χ1n) is 7.09. The van der Waals surface area contributed by atoms with E-state index >= 15 is 0 Å². The van der Waals surface area contributed by atoms with Crippen LogP contribution in [0.15, 0.2) is 24.3 Å². The number of aliphatic hydroxyl groups is 1. The lowest BCUT2D eigenvalue weighted by atomic mass is 9.86. The van der Waals surface area contributed by atoms with Crippen LogP contribution in [0.5, 0.6) is 0 Å². The Morgan fingerprint density at radius 2 is 2.00 bits per heavy atom. The zero-order chi connectivity index (χ0) is 15.2. The lowest BCUT2D eigenvalue weighted by molar-refractivity contribution is -0.136. The second-order valence-corrected chi connectivity index (χ2v) is 5.72. The summed E-state index contributed by atoms with van der Waals surface area (Å²) >= 11 is 5.81. The van der Waals surface area contributed by atoms with Crippen LogP contribution in [-0.4, -0.2) is 29.6 Å². The summed E-state index contributed by atoms with van der Waals surface area (Å²) in [4.78, 5) is 23.5. The number of rotatable bonds is 3. The molecule has 5 nitrogen and oxygen atoms in total. The summed E-state index contributed by atoms with van der Waals surface area (Å²) in [5, 5.41) is 15.4. The highest BCUT2D eigenvalue weighted by atomic mass is 35.5. The maximum atomic E-state index is 11.7. The first-order chi connectivity index (χ1) is 10.1. The summed E-state index contributed by atoms with van der Waals surface area (Å²) < 4.78 is 0. The molecule has 1 saturated carbocycles. The Balaban J connectivity index is 1.81. The molecule has 3 N–H and O–H groups in total. The summed E-state index contributed by atoms with van der Waals surface area (Å²) in [6.45, 7) is 0.322. The van der Waals surface area contributed by atoms with Crippen molar-refractivity contribution < 1.29 is 14.7 Å². The topological polar surface area (TPSA) is 78.4 Å². The van der Waals surface area contributed by atoms with Gasteiger partial charge in [-0.3, -0.25) is 9.59 Å². The molecule has 0 saturated heterocycles. The average Bonchev–Trinajstić information content (AvgIpc) is 2.46. The van der Waals surface area contributed by atoms with Crippen molar-refractivity contribution in [1.29, 1.82) is 0 Å². The standard InChI is InChI=1S/C15H19ClN2O3/c16-11-5-3-6-12(8-11)18-15(21)14(20)17-9-10-4-1-2-7-13(10)19/h3,5-6,8,10,13,19H,1-2,4,7,9H2,(H,17,20)(H,18,21)/t10-,13-/m0/s1. The van der Waals surface area contributed by atoms with Crippen LogP contribution in [0.1, 0.15) is 25.7 Å². The zero-order valence-electron chi connectivity index (χ0n) is 11.6. The largest absolute Gasteiger partial charge is 0.393 e. The number of benzene rings is 1. The number of carbonyl (C=O) groups is 2. The first-order valence-corrected chi connectivity index (χ1v) is 7.47. The van der Waals surface area contributed by atoms with Crippen molar-refractivity contribution in [2.45, 2.75) is 31.8 Å². The Hall–Kier alpha value is -1.59. The van der Waals surface area contributed by atoms with Crippen molar-refractivity contribution in [1.82, 2.24) is 5.32 Å². The van der Waals surface area contributed by atoms with Crippen LogP contribution in [0, 0.1) is 5.92 Å². The number of hydrogen-bond acceptors (Lipinski definition) is 3. The Morgan fingerprint density at radius 1 is 1.24 bits per heavy atom. The fourth-order valence-electron chi connectivity index (χ4n) is 2.48. The Morgan fingerprint density at radius 3 is 2.71 bits per heavy atom. The Labute approximate surface area is 128 Å². The van der Waals surface area contributed by atoms with Gasteiger partial charge in [0.05, 0.1) is 6.10 Å². The fourth-order valence-corrected chi connectivity index (χ4v) is 2.67. The van der Waals surface area contributed by atoms with Crippen molar-refractivity contribution >= 4 is 29.1 Å². The van der Waals surface area contributed by atoms with Gasteiger partial charge in [-0.25, -0.2) is 0 Å². The second-order valence-electron chi connectivity index (χ2n) is 5.29. The molecule has 1 aromatic rings. The van der Waals surface area contributed by atoms with E-state index < -0.39 is 17.9 Å². The molecule has 1 aromatic carbocycles. The van der Waals surface area contributed by atoms with Crippen molar-refractivity contribution in [3.8, 4) is 0 Å². The third kappa shape index (κ3) is 4.72. The van der Waals surface area contributed by atoms with Gasteiger partial charge in [0.1, 0.15) is 0 Å². The van der Waals surface area contributed by atoms with Gasteiger partial charge in [-0.2, -0.15) is 0 Å². The number of aliphatic hydroxyl groups excluding tert-OH is 1. The minimum absolute atomic E-state index is 0.0293. The van der Waals surface area contributed by atoms with E-state index in [1.165, 1.54) is 0 Å². The van der Waals surface area contributed by atoms with Gasteiger partial charge < -0.3 is 15.7 Å². The van der Waals surface area contributed by atoms with Gasteiger partial charge in [-0.1, -0.05) is 30.5 Å². The van der Waals surface area contributed by atoms with E-state index in [4.69, 9.17) is 11.6 Å². The Bertz CT molecular complexity index is 521. The van der Waals surface area contributed by atoms with Crippen molar-refractivity contribution in [3.05, 3.63) is 29.3 Å². The van der Waals surface area contributed by atoms with Crippen LogP contribution in [0.25, 0.3) is 0 Å². The third-order valence-corrected chi connectivity index (χ3v) is 3.92. The fraction of sp³-hybridized carbons (Fsp3) is 0.467. The van der Waals surface area contributed by atoms with Gasteiger partial charge in [0, 0.05) is 23.2 Å². The van der Waals surface area contributed by atoms with E-state index in [1.807, 2.05) is 0 Å². The number of carbonyl (C=O) groups excluding carboxylic acids is 2. The normalized spacial score (nSPS) is 21.6.